The highest BCUT2D eigenvalue weighted by Crippen LogP contribution is 2.06. The highest BCUT2D eigenvalue weighted by atomic mass is 14.9. The molecule has 0 aromatic carbocycles. The molecule has 0 fully saturated rings. The van der Waals surface area contributed by atoms with Gasteiger partial charge >= 0.3 is 0 Å². The maximum atomic E-state index is 3.69. The summed E-state index contributed by atoms with van der Waals surface area (Å²) in [4.78, 5) is 0. The summed E-state index contributed by atoms with van der Waals surface area (Å²) in [5, 5.41) is 3.41. The number of unbranched alkanes of at least 4 members (excludes halogenated alkanes) is 4. The molecule has 0 spiro atoms. The Morgan fingerprint density at radius 3 is 2.54 bits per heavy atom. The van der Waals surface area contributed by atoms with E-state index in [4.69, 9.17) is 0 Å². The molecule has 1 nitrogen and oxygen atoms in total. The Labute approximate surface area is 83.6 Å². The molecule has 0 saturated heterocycles. The van der Waals surface area contributed by atoms with Crippen LogP contribution in [-0.2, 0) is 0 Å². The minimum absolute atomic E-state index is 0.652. The lowest BCUT2D eigenvalue weighted by Gasteiger charge is -2.11. The molecule has 0 aliphatic carbocycles. The molecule has 78 valence electrons. The minimum atomic E-state index is 0.652. The first kappa shape index (κ1) is 12.7. The Morgan fingerprint density at radius 1 is 1.23 bits per heavy atom. The third-order valence-electron chi connectivity index (χ3n) is 2.35. The lowest BCUT2D eigenvalue weighted by atomic mass is 10.1. The van der Waals surface area contributed by atoms with Crippen LogP contribution in [0.1, 0.15) is 52.4 Å². The lowest BCUT2D eigenvalue weighted by Crippen LogP contribution is -2.25. The first-order valence-electron chi connectivity index (χ1n) is 5.65. The molecule has 0 heterocycles. The van der Waals surface area contributed by atoms with Gasteiger partial charge in [-0.1, -0.05) is 45.1 Å². The van der Waals surface area contributed by atoms with Crippen molar-refractivity contribution in [1.82, 2.24) is 5.32 Å². The first-order valence-corrected chi connectivity index (χ1v) is 5.65. The molecule has 0 bridgehead atoms. The van der Waals surface area contributed by atoms with Crippen molar-refractivity contribution in [3.63, 3.8) is 0 Å². The van der Waals surface area contributed by atoms with Crippen LogP contribution >= 0.6 is 0 Å². The lowest BCUT2D eigenvalue weighted by molar-refractivity contribution is 0.499. The zero-order chi connectivity index (χ0) is 9.94. The van der Waals surface area contributed by atoms with Gasteiger partial charge in [-0.05, 0) is 13.3 Å². The monoisotopic (exact) mass is 183 g/mol. The van der Waals surface area contributed by atoms with Crippen LogP contribution in [-0.4, -0.2) is 12.6 Å². The first-order chi connectivity index (χ1) is 6.31. The zero-order valence-electron chi connectivity index (χ0n) is 9.31. The smallest absolute Gasteiger partial charge is 0.0134 e. The van der Waals surface area contributed by atoms with E-state index in [1.54, 1.807) is 0 Å². The third-order valence-corrected chi connectivity index (χ3v) is 2.35. The van der Waals surface area contributed by atoms with Gasteiger partial charge in [-0.3, -0.25) is 0 Å². The minimum Gasteiger partial charge on any atom is -0.311 e. The Balaban J connectivity index is 3.07. The summed E-state index contributed by atoms with van der Waals surface area (Å²) in [7, 11) is 0. The Morgan fingerprint density at radius 2 is 1.92 bits per heavy atom. The Hall–Kier alpha value is -0.300. The molecule has 13 heavy (non-hydrogen) atoms. The van der Waals surface area contributed by atoms with Gasteiger partial charge in [-0.25, -0.2) is 0 Å². The fraction of sp³-hybridized carbons (Fsp3) is 0.833. The van der Waals surface area contributed by atoms with Gasteiger partial charge in [0.2, 0.25) is 0 Å². The fourth-order valence-electron chi connectivity index (χ4n) is 1.44. The summed E-state index contributed by atoms with van der Waals surface area (Å²) in [6.07, 6.45) is 10.1. The van der Waals surface area contributed by atoms with Crippen LogP contribution in [0.4, 0.5) is 0 Å². The van der Waals surface area contributed by atoms with Gasteiger partial charge in [0.1, 0.15) is 0 Å². The summed E-state index contributed by atoms with van der Waals surface area (Å²) < 4.78 is 0. The molecule has 0 amide bonds. The largest absolute Gasteiger partial charge is 0.311 e. The molecule has 1 unspecified atom stereocenters. The van der Waals surface area contributed by atoms with E-state index in [0.29, 0.717) is 6.04 Å². The SMILES string of the molecule is C=CCNC(C)CCCCCCC. The van der Waals surface area contributed by atoms with Gasteiger partial charge in [0.05, 0.1) is 0 Å². The average Bonchev–Trinajstić information content (AvgIpc) is 2.14. The van der Waals surface area contributed by atoms with E-state index >= 15 is 0 Å². The molecule has 0 rings (SSSR count). The molecule has 0 aliphatic heterocycles. The molecular weight excluding hydrogens is 158 g/mol. The predicted molar refractivity (Wildman–Crippen MR) is 61.0 cm³/mol. The molecule has 1 heteroatoms. The second-order valence-corrected chi connectivity index (χ2v) is 3.80. The second kappa shape index (κ2) is 9.79. The van der Waals surface area contributed by atoms with Crippen LogP contribution < -0.4 is 5.32 Å². The van der Waals surface area contributed by atoms with Crippen LogP contribution in [0.25, 0.3) is 0 Å². The van der Waals surface area contributed by atoms with E-state index in [-0.39, 0.29) is 0 Å². The van der Waals surface area contributed by atoms with Gasteiger partial charge in [-0.15, -0.1) is 6.58 Å². The summed E-state index contributed by atoms with van der Waals surface area (Å²) in [6.45, 7) is 9.14. The van der Waals surface area contributed by atoms with E-state index < -0.39 is 0 Å². The van der Waals surface area contributed by atoms with Crippen molar-refractivity contribution in [2.75, 3.05) is 6.54 Å². The van der Waals surface area contributed by atoms with E-state index in [2.05, 4.69) is 25.7 Å². The molecule has 1 atom stereocenters. The van der Waals surface area contributed by atoms with Crippen LogP contribution in [0.5, 0.6) is 0 Å². The van der Waals surface area contributed by atoms with Crippen LogP contribution in [0, 0.1) is 0 Å². The number of hydrogen-bond acceptors (Lipinski definition) is 1. The normalized spacial score (nSPS) is 12.8. The maximum absolute atomic E-state index is 3.69. The topological polar surface area (TPSA) is 12.0 Å². The van der Waals surface area contributed by atoms with Crippen molar-refractivity contribution in [1.29, 1.82) is 0 Å². The quantitative estimate of drug-likeness (QED) is 0.426. The molecule has 1 N–H and O–H groups in total. The summed E-state index contributed by atoms with van der Waals surface area (Å²) in [5.41, 5.74) is 0. The van der Waals surface area contributed by atoms with Crippen molar-refractivity contribution in [3.8, 4) is 0 Å². The van der Waals surface area contributed by atoms with Crippen molar-refractivity contribution < 1.29 is 0 Å². The van der Waals surface area contributed by atoms with Crippen LogP contribution in [0.15, 0.2) is 12.7 Å². The van der Waals surface area contributed by atoms with Crippen molar-refractivity contribution in [3.05, 3.63) is 12.7 Å². The van der Waals surface area contributed by atoms with Gasteiger partial charge in [-0.2, -0.15) is 0 Å². The highest BCUT2D eigenvalue weighted by molar-refractivity contribution is 4.72. The van der Waals surface area contributed by atoms with Crippen molar-refractivity contribution >= 4 is 0 Å². The molecule has 0 aromatic rings. The number of hydrogen-bond donors (Lipinski definition) is 1. The standard InChI is InChI=1S/C12H25N/c1-4-6-7-8-9-10-12(3)13-11-5-2/h5,12-13H,2,4,6-11H2,1,3H3. The highest BCUT2D eigenvalue weighted by Gasteiger charge is 1.98. The van der Waals surface area contributed by atoms with E-state index in [1.165, 1.54) is 38.5 Å². The summed E-state index contributed by atoms with van der Waals surface area (Å²) in [5.74, 6) is 0. The molecule has 0 aromatic heterocycles. The van der Waals surface area contributed by atoms with Gasteiger partial charge in [0.15, 0.2) is 0 Å². The maximum Gasteiger partial charge on any atom is 0.0134 e. The average molecular weight is 183 g/mol. The van der Waals surface area contributed by atoms with Gasteiger partial charge in [0, 0.05) is 12.6 Å². The van der Waals surface area contributed by atoms with E-state index in [9.17, 15) is 0 Å². The van der Waals surface area contributed by atoms with Crippen LogP contribution in [0.3, 0.4) is 0 Å². The molecule has 0 radical (unpaired) electrons. The predicted octanol–water partition coefficient (Wildman–Crippen LogP) is 3.51. The summed E-state index contributed by atoms with van der Waals surface area (Å²) >= 11 is 0. The van der Waals surface area contributed by atoms with E-state index in [1.807, 2.05) is 6.08 Å². The second-order valence-electron chi connectivity index (χ2n) is 3.80. The molecule has 0 saturated carbocycles. The third kappa shape index (κ3) is 9.62. The number of nitrogens with one attached hydrogen (secondary N) is 1. The van der Waals surface area contributed by atoms with Gasteiger partial charge in [0.25, 0.3) is 0 Å². The zero-order valence-corrected chi connectivity index (χ0v) is 9.31. The van der Waals surface area contributed by atoms with Gasteiger partial charge < -0.3 is 5.32 Å². The molecular formula is C12H25N. The Bertz CT molecular complexity index is 110. The Kier molecular flexibility index (Phi) is 9.56. The van der Waals surface area contributed by atoms with E-state index in [0.717, 1.165) is 6.54 Å². The fourth-order valence-corrected chi connectivity index (χ4v) is 1.44. The van der Waals surface area contributed by atoms with Crippen molar-refractivity contribution in [2.24, 2.45) is 0 Å². The van der Waals surface area contributed by atoms with Crippen molar-refractivity contribution in [2.45, 2.75) is 58.4 Å². The molecule has 0 aliphatic rings. The summed E-state index contributed by atoms with van der Waals surface area (Å²) in [6, 6.07) is 0.652. The number of rotatable bonds is 9. The van der Waals surface area contributed by atoms with Crippen LogP contribution in [0.2, 0.25) is 0 Å².